The third-order valence-electron chi connectivity index (χ3n) is 6.15. The average molecular weight is 311 g/mol. The molecule has 0 fully saturated rings. The zero-order chi connectivity index (χ0) is 17.4. The van der Waals surface area contributed by atoms with Gasteiger partial charge in [-0.05, 0) is 60.2 Å². The minimum absolute atomic E-state index is 0.801. The van der Waals surface area contributed by atoms with Crippen molar-refractivity contribution in [2.24, 2.45) is 47.3 Å². The lowest BCUT2D eigenvalue weighted by Gasteiger charge is -2.38. The molecule has 0 aromatic heterocycles. The molecule has 5 unspecified atom stereocenters. The molecule has 0 rings (SSSR count). The summed E-state index contributed by atoms with van der Waals surface area (Å²) in [4.78, 5) is 0. The van der Waals surface area contributed by atoms with Crippen LogP contribution in [0.4, 0.5) is 0 Å². The van der Waals surface area contributed by atoms with Gasteiger partial charge in [-0.3, -0.25) is 0 Å². The Bertz CT molecular complexity index is 263. The summed E-state index contributed by atoms with van der Waals surface area (Å²) in [5.74, 6) is 6.79. The molecule has 0 aliphatic heterocycles. The Hall–Kier alpha value is 0. The van der Waals surface area contributed by atoms with Gasteiger partial charge < -0.3 is 0 Å². The van der Waals surface area contributed by atoms with E-state index < -0.39 is 0 Å². The van der Waals surface area contributed by atoms with E-state index in [-0.39, 0.29) is 0 Å². The molecular formula is C22H46. The van der Waals surface area contributed by atoms with E-state index in [1.807, 2.05) is 0 Å². The van der Waals surface area contributed by atoms with Crippen molar-refractivity contribution in [3.63, 3.8) is 0 Å². The highest BCUT2D eigenvalue weighted by atomic mass is 14.4. The van der Waals surface area contributed by atoms with Gasteiger partial charge >= 0.3 is 0 Å². The first-order valence-corrected chi connectivity index (χ1v) is 10.1. The maximum absolute atomic E-state index is 2.53. The van der Waals surface area contributed by atoms with E-state index in [9.17, 15) is 0 Å². The zero-order valence-electron chi connectivity index (χ0n) is 17.4. The highest BCUT2D eigenvalue weighted by Gasteiger charge is 2.30. The second-order valence-corrected chi connectivity index (χ2v) is 9.28. The summed E-state index contributed by atoms with van der Waals surface area (Å²) in [6.07, 6.45) is 5.55. The molecular weight excluding hydrogens is 264 g/mol. The van der Waals surface area contributed by atoms with Gasteiger partial charge in [0.05, 0.1) is 0 Å². The summed E-state index contributed by atoms with van der Waals surface area (Å²) >= 11 is 0. The Morgan fingerprint density at radius 3 is 1.45 bits per heavy atom. The lowest BCUT2D eigenvalue weighted by Crippen LogP contribution is -2.29. The van der Waals surface area contributed by atoms with Crippen LogP contribution in [-0.4, -0.2) is 0 Å². The van der Waals surface area contributed by atoms with Crippen molar-refractivity contribution in [1.29, 1.82) is 0 Å². The Kier molecular flexibility index (Phi) is 10.7. The highest BCUT2D eigenvalue weighted by molar-refractivity contribution is 4.80. The predicted molar refractivity (Wildman–Crippen MR) is 103 cm³/mol. The fourth-order valence-electron chi connectivity index (χ4n) is 4.59. The third kappa shape index (κ3) is 7.51. The minimum atomic E-state index is 0.801. The van der Waals surface area contributed by atoms with Crippen molar-refractivity contribution >= 4 is 0 Å². The summed E-state index contributed by atoms with van der Waals surface area (Å²) in [6, 6.07) is 0. The molecule has 22 heavy (non-hydrogen) atoms. The molecule has 0 nitrogen and oxygen atoms in total. The van der Waals surface area contributed by atoms with Crippen LogP contribution in [0.3, 0.4) is 0 Å². The molecule has 134 valence electrons. The van der Waals surface area contributed by atoms with Crippen molar-refractivity contribution in [2.45, 2.75) is 94.9 Å². The van der Waals surface area contributed by atoms with Gasteiger partial charge in [0.2, 0.25) is 0 Å². The van der Waals surface area contributed by atoms with Crippen LogP contribution in [-0.2, 0) is 0 Å². The Morgan fingerprint density at radius 2 is 1.09 bits per heavy atom. The molecule has 0 spiro atoms. The van der Waals surface area contributed by atoms with Crippen LogP contribution < -0.4 is 0 Å². The second kappa shape index (κ2) is 10.7. The lowest BCUT2D eigenvalue weighted by atomic mass is 9.68. The Balaban J connectivity index is 5.01. The Morgan fingerprint density at radius 1 is 0.591 bits per heavy atom. The first-order chi connectivity index (χ1) is 10.1. The molecule has 0 aromatic rings. The maximum Gasteiger partial charge on any atom is -0.0358 e. The average Bonchev–Trinajstić information content (AvgIpc) is 2.39. The van der Waals surface area contributed by atoms with Crippen molar-refractivity contribution in [2.75, 3.05) is 0 Å². The SMILES string of the molecule is CCCC(C(C)C)C(C)CC(C(C)CC(C)C)C(C)C(C)C. The first kappa shape index (κ1) is 22.0. The van der Waals surface area contributed by atoms with Crippen LogP contribution in [0.5, 0.6) is 0 Å². The Labute approximate surface area is 142 Å². The molecule has 0 saturated heterocycles. The normalized spacial score (nSPS) is 19.5. The molecule has 0 heteroatoms. The summed E-state index contributed by atoms with van der Waals surface area (Å²) in [7, 11) is 0. The van der Waals surface area contributed by atoms with E-state index in [2.05, 4.69) is 69.2 Å². The van der Waals surface area contributed by atoms with E-state index in [0.29, 0.717) is 0 Å². The topological polar surface area (TPSA) is 0 Å². The monoisotopic (exact) mass is 310 g/mol. The van der Waals surface area contributed by atoms with E-state index >= 15 is 0 Å². The van der Waals surface area contributed by atoms with Crippen LogP contribution in [0.25, 0.3) is 0 Å². The summed E-state index contributed by atoms with van der Waals surface area (Å²) in [6.45, 7) is 24.3. The molecule has 0 amide bonds. The van der Waals surface area contributed by atoms with Crippen LogP contribution in [0.15, 0.2) is 0 Å². The van der Waals surface area contributed by atoms with Crippen molar-refractivity contribution in [1.82, 2.24) is 0 Å². The quantitative estimate of drug-likeness (QED) is 0.367. The molecule has 0 heterocycles. The molecule has 0 aliphatic carbocycles. The smallest absolute Gasteiger partial charge is 0.0358 e. The largest absolute Gasteiger partial charge is 0.0654 e. The number of rotatable bonds is 11. The van der Waals surface area contributed by atoms with Crippen LogP contribution in [0.1, 0.15) is 94.9 Å². The second-order valence-electron chi connectivity index (χ2n) is 9.28. The molecule has 0 radical (unpaired) electrons. The minimum Gasteiger partial charge on any atom is -0.0654 e. The fourth-order valence-corrected chi connectivity index (χ4v) is 4.59. The molecule has 0 aromatic carbocycles. The van der Waals surface area contributed by atoms with Crippen LogP contribution in [0.2, 0.25) is 0 Å². The zero-order valence-corrected chi connectivity index (χ0v) is 17.4. The molecule has 0 aliphatic rings. The van der Waals surface area contributed by atoms with Gasteiger partial charge in [-0.1, -0.05) is 82.1 Å². The third-order valence-corrected chi connectivity index (χ3v) is 6.15. The lowest BCUT2D eigenvalue weighted by molar-refractivity contribution is 0.120. The highest BCUT2D eigenvalue weighted by Crippen LogP contribution is 2.39. The van der Waals surface area contributed by atoms with Gasteiger partial charge in [0.25, 0.3) is 0 Å². The van der Waals surface area contributed by atoms with Crippen molar-refractivity contribution in [3.05, 3.63) is 0 Å². The fraction of sp³-hybridized carbons (Fsp3) is 1.00. The van der Waals surface area contributed by atoms with E-state index in [1.165, 1.54) is 25.7 Å². The van der Waals surface area contributed by atoms with Gasteiger partial charge in [-0.2, -0.15) is 0 Å². The molecule has 0 bridgehead atoms. The summed E-state index contributed by atoms with van der Waals surface area (Å²) in [5.41, 5.74) is 0. The molecule has 5 atom stereocenters. The number of hydrogen-bond donors (Lipinski definition) is 0. The van der Waals surface area contributed by atoms with Gasteiger partial charge in [0.15, 0.2) is 0 Å². The van der Waals surface area contributed by atoms with E-state index in [0.717, 1.165) is 47.3 Å². The standard InChI is InChI=1S/C22H46/c1-11-12-21(17(6)7)19(9)14-22(20(10)16(4)5)18(8)13-15(2)3/h15-22H,11-14H2,1-10H3. The summed E-state index contributed by atoms with van der Waals surface area (Å²) in [5, 5.41) is 0. The van der Waals surface area contributed by atoms with Gasteiger partial charge in [0, 0.05) is 0 Å². The molecule has 0 saturated carbocycles. The van der Waals surface area contributed by atoms with Gasteiger partial charge in [-0.15, -0.1) is 0 Å². The van der Waals surface area contributed by atoms with Gasteiger partial charge in [-0.25, -0.2) is 0 Å². The van der Waals surface area contributed by atoms with Crippen LogP contribution >= 0.6 is 0 Å². The van der Waals surface area contributed by atoms with Gasteiger partial charge in [0.1, 0.15) is 0 Å². The number of hydrogen-bond acceptors (Lipinski definition) is 0. The summed E-state index contributed by atoms with van der Waals surface area (Å²) < 4.78 is 0. The molecule has 0 N–H and O–H groups in total. The van der Waals surface area contributed by atoms with Crippen molar-refractivity contribution in [3.8, 4) is 0 Å². The van der Waals surface area contributed by atoms with E-state index in [4.69, 9.17) is 0 Å². The first-order valence-electron chi connectivity index (χ1n) is 10.1. The van der Waals surface area contributed by atoms with E-state index in [1.54, 1.807) is 0 Å². The van der Waals surface area contributed by atoms with Crippen LogP contribution in [0, 0.1) is 47.3 Å². The predicted octanol–water partition coefficient (Wildman–Crippen LogP) is 7.68. The maximum atomic E-state index is 2.53. The van der Waals surface area contributed by atoms with Crippen molar-refractivity contribution < 1.29 is 0 Å².